The number of nitrogens with zero attached hydrogens (tertiary/aromatic N) is 3. The topological polar surface area (TPSA) is 77.8 Å². The van der Waals surface area contributed by atoms with E-state index in [4.69, 9.17) is 10.3 Å². The first-order valence-electron chi connectivity index (χ1n) is 5.18. The average molecular weight is 218 g/mol. The van der Waals surface area contributed by atoms with Crippen molar-refractivity contribution in [3.8, 4) is 11.5 Å². The van der Waals surface area contributed by atoms with Crippen LogP contribution in [0, 0.1) is 6.92 Å². The molecule has 84 valence electrons. The minimum absolute atomic E-state index is 0.106. The van der Waals surface area contributed by atoms with Gasteiger partial charge in [0.1, 0.15) is 0 Å². The van der Waals surface area contributed by atoms with Gasteiger partial charge in [-0.2, -0.15) is 4.98 Å². The number of nitrogens with two attached hydrogens (primary N) is 1. The summed E-state index contributed by atoms with van der Waals surface area (Å²) in [5.74, 6) is 1.25. The molecule has 5 nitrogen and oxygen atoms in total. The maximum Gasteiger partial charge on any atom is 0.259 e. The highest BCUT2D eigenvalue weighted by molar-refractivity contribution is 5.55. The Morgan fingerprint density at radius 2 is 2.31 bits per heavy atom. The SMILES string of the molecule is Cc1ncccc1-c1nc(C(C)CN)no1. The van der Waals surface area contributed by atoms with Crippen molar-refractivity contribution in [1.82, 2.24) is 15.1 Å². The lowest BCUT2D eigenvalue weighted by atomic mass is 10.1. The molecule has 2 heterocycles. The normalized spacial score (nSPS) is 12.7. The van der Waals surface area contributed by atoms with Crippen LogP contribution in [0.3, 0.4) is 0 Å². The monoisotopic (exact) mass is 218 g/mol. The van der Waals surface area contributed by atoms with Crippen molar-refractivity contribution >= 4 is 0 Å². The maximum absolute atomic E-state index is 5.55. The van der Waals surface area contributed by atoms with Gasteiger partial charge in [-0.15, -0.1) is 0 Å². The van der Waals surface area contributed by atoms with Gasteiger partial charge in [-0.05, 0) is 19.1 Å². The van der Waals surface area contributed by atoms with Crippen LogP contribution in [0.2, 0.25) is 0 Å². The molecule has 1 atom stereocenters. The summed E-state index contributed by atoms with van der Waals surface area (Å²) in [6.07, 6.45) is 1.73. The van der Waals surface area contributed by atoms with Crippen molar-refractivity contribution in [2.24, 2.45) is 5.73 Å². The van der Waals surface area contributed by atoms with Crippen LogP contribution >= 0.6 is 0 Å². The maximum atomic E-state index is 5.55. The Bertz CT molecular complexity index is 480. The van der Waals surface area contributed by atoms with Crippen molar-refractivity contribution in [3.05, 3.63) is 29.8 Å². The predicted octanol–water partition coefficient (Wildman–Crippen LogP) is 1.50. The quantitative estimate of drug-likeness (QED) is 0.844. The number of aromatic nitrogens is 3. The van der Waals surface area contributed by atoms with Gasteiger partial charge in [0.2, 0.25) is 0 Å². The fourth-order valence-corrected chi connectivity index (χ4v) is 1.36. The molecule has 0 bridgehead atoms. The van der Waals surface area contributed by atoms with E-state index in [2.05, 4.69) is 15.1 Å². The molecule has 2 aromatic heterocycles. The first-order chi connectivity index (χ1) is 7.72. The highest BCUT2D eigenvalue weighted by atomic mass is 16.5. The van der Waals surface area contributed by atoms with Crippen molar-refractivity contribution in [1.29, 1.82) is 0 Å². The zero-order chi connectivity index (χ0) is 11.5. The third kappa shape index (κ3) is 1.94. The van der Waals surface area contributed by atoms with Crippen LogP contribution in [0.25, 0.3) is 11.5 Å². The van der Waals surface area contributed by atoms with Gasteiger partial charge >= 0.3 is 0 Å². The minimum Gasteiger partial charge on any atom is -0.334 e. The molecule has 16 heavy (non-hydrogen) atoms. The molecule has 2 rings (SSSR count). The number of pyridine rings is 1. The third-order valence-corrected chi connectivity index (χ3v) is 2.47. The molecule has 0 aliphatic heterocycles. The van der Waals surface area contributed by atoms with E-state index in [1.54, 1.807) is 6.20 Å². The van der Waals surface area contributed by atoms with Gasteiger partial charge in [0.25, 0.3) is 5.89 Å². The van der Waals surface area contributed by atoms with Gasteiger partial charge in [-0.25, -0.2) is 0 Å². The molecule has 0 saturated heterocycles. The lowest BCUT2D eigenvalue weighted by Crippen LogP contribution is -2.10. The van der Waals surface area contributed by atoms with Gasteiger partial charge in [0, 0.05) is 24.4 Å². The van der Waals surface area contributed by atoms with Gasteiger partial charge in [-0.1, -0.05) is 12.1 Å². The van der Waals surface area contributed by atoms with Crippen LogP contribution in [-0.4, -0.2) is 21.7 Å². The fraction of sp³-hybridized carbons (Fsp3) is 0.364. The number of aryl methyl sites for hydroxylation is 1. The Morgan fingerprint density at radius 3 is 3.00 bits per heavy atom. The summed E-state index contributed by atoms with van der Waals surface area (Å²) < 4.78 is 5.20. The van der Waals surface area contributed by atoms with E-state index in [1.165, 1.54) is 0 Å². The third-order valence-electron chi connectivity index (χ3n) is 2.47. The summed E-state index contributed by atoms with van der Waals surface area (Å²) in [4.78, 5) is 8.49. The summed E-state index contributed by atoms with van der Waals surface area (Å²) in [6, 6.07) is 3.76. The summed E-state index contributed by atoms with van der Waals surface area (Å²) in [7, 11) is 0. The summed E-state index contributed by atoms with van der Waals surface area (Å²) in [5, 5.41) is 3.91. The van der Waals surface area contributed by atoms with E-state index in [0.717, 1.165) is 11.3 Å². The van der Waals surface area contributed by atoms with Gasteiger partial charge in [0.15, 0.2) is 5.82 Å². The van der Waals surface area contributed by atoms with Gasteiger partial charge < -0.3 is 10.3 Å². The van der Waals surface area contributed by atoms with Crippen molar-refractivity contribution in [2.45, 2.75) is 19.8 Å². The Hall–Kier alpha value is -1.75. The molecule has 0 radical (unpaired) electrons. The zero-order valence-corrected chi connectivity index (χ0v) is 9.34. The van der Waals surface area contributed by atoms with Crippen LogP contribution in [0.4, 0.5) is 0 Å². The molecule has 2 aromatic rings. The number of rotatable bonds is 3. The molecule has 2 N–H and O–H groups in total. The van der Waals surface area contributed by atoms with E-state index in [0.29, 0.717) is 18.3 Å². The molecule has 0 aliphatic carbocycles. The second-order valence-corrected chi connectivity index (χ2v) is 3.73. The van der Waals surface area contributed by atoms with Crippen LogP contribution in [-0.2, 0) is 0 Å². The second kappa shape index (κ2) is 4.40. The Labute approximate surface area is 93.7 Å². The lowest BCUT2D eigenvalue weighted by molar-refractivity contribution is 0.417. The van der Waals surface area contributed by atoms with Crippen LogP contribution < -0.4 is 5.73 Å². The lowest BCUT2D eigenvalue weighted by Gasteiger charge is -1.99. The molecule has 0 amide bonds. The summed E-state index contributed by atoms with van der Waals surface area (Å²) >= 11 is 0. The van der Waals surface area contributed by atoms with E-state index < -0.39 is 0 Å². The number of hydrogen-bond acceptors (Lipinski definition) is 5. The minimum atomic E-state index is 0.106. The summed E-state index contributed by atoms with van der Waals surface area (Å²) in [6.45, 7) is 4.38. The smallest absolute Gasteiger partial charge is 0.259 e. The van der Waals surface area contributed by atoms with E-state index in [9.17, 15) is 0 Å². The molecule has 5 heteroatoms. The predicted molar refractivity (Wildman–Crippen MR) is 59.7 cm³/mol. The van der Waals surface area contributed by atoms with Gasteiger partial charge in [0.05, 0.1) is 5.56 Å². The molecule has 0 spiro atoms. The summed E-state index contributed by atoms with van der Waals surface area (Å²) in [5.41, 5.74) is 7.29. The Morgan fingerprint density at radius 1 is 1.50 bits per heavy atom. The molecule has 0 aromatic carbocycles. The standard InChI is InChI=1S/C11H14N4O/c1-7(6-12)10-14-11(16-15-10)9-4-3-5-13-8(9)2/h3-5,7H,6,12H2,1-2H3. The average Bonchev–Trinajstić information content (AvgIpc) is 2.78. The van der Waals surface area contributed by atoms with Crippen molar-refractivity contribution < 1.29 is 4.52 Å². The zero-order valence-electron chi connectivity index (χ0n) is 9.34. The Kier molecular flexibility index (Phi) is 2.96. The highest BCUT2D eigenvalue weighted by Crippen LogP contribution is 2.21. The molecular formula is C11H14N4O. The first kappa shape index (κ1) is 10.8. The largest absolute Gasteiger partial charge is 0.334 e. The van der Waals surface area contributed by atoms with Crippen molar-refractivity contribution in [3.63, 3.8) is 0 Å². The second-order valence-electron chi connectivity index (χ2n) is 3.73. The van der Waals surface area contributed by atoms with Crippen molar-refractivity contribution in [2.75, 3.05) is 6.54 Å². The number of hydrogen-bond donors (Lipinski definition) is 1. The fourth-order valence-electron chi connectivity index (χ4n) is 1.36. The molecular weight excluding hydrogens is 204 g/mol. The van der Waals surface area contributed by atoms with E-state index in [-0.39, 0.29) is 5.92 Å². The van der Waals surface area contributed by atoms with Gasteiger partial charge in [-0.3, -0.25) is 4.98 Å². The molecule has 0 aliphatic rings. The highest BCUT2D eigenvalue weighted by Gasteiger charge is 2.14. The van der Waals surface area contributed by atoms with Crippen LogP contribution in [0.5, 0.6) is 0 Å². The first-order valence-corrected chi connectivity index (χ1v) is 5.18. The molecule has 1 unspecified atom stereocenters. The van der Waals surface area contributed by atoms with E-state index >= 15 is 0 Å². The molecule has 0 fully saturated rings. The Balaban J connectivity index is 2.35. The van der Waals surface area contributed by atoms with Crippen LogP contribution in [0.15, 0.2) is 22.9 Å². The van der Waals surface area contributed by atoms with E-state index in [1.807, 2.05) is 26.0 Å². The molecule has 0 saturated carbocycles. The van der Waals surface area contributed by atoms with Crippen LogP contribution in [0.1, 0.15) is 24.4 Å².